The molecule has 100 valence electrons. The van der Waals surface area contributed by atoms with Crippen LogP contribution in [0.5, 0.6) is 5.75 Å². The summed E-state index contributed by atoms with van der Waals surface area (Å²) in [6, 6.07) is 14.7. The Bertz CT molecular complexity index is 549. The smallest absolute Gasteiger partial charge is 0.121 e. The van der Waals surface area contributed by atoms with Crippen molar-refractivity contribution >= 4 is 5.69 Å². The van der Waals surface area contributed by atoms with Gasteiger partial charge in [-0.15, -0.1) is 0 Å². The van der Waals surface area contributed by atoms with Crippen LogP contribution in [0.25, 0.3) is 0 Å². The van der Waals surface area contributed by atoms with Gasteiger partial charge in [0.15, 0.2) is 0 Å². The molecule has 0 atom stereocenters. The largest absolute Gasteiger partial charge is 0.496 e. The molecular weight excluding hydrogens is 234 g/mol. The Kier molecular flexibility index (Phi) is 4.45. The lowest BCUT2D eigenvalue weighted by atomic mass is 10.1. The summed E-state index contributed by atoms with van der Waals surface area (Å²) in [5.74, 6) is 0.930. The summed E-state index contributed by atoms with van der Waals surface area (Å²) in [5.41, 5.74) is 5.04. The summed E-state index contributed by atoms with van der Waals surface area (Å²) >= 11 is 0. The average molecular weight is 255 g/mol. The highest BCUT2D eigenvalue weighted by atomic mass is 16.5. The van der Waals surface area contributed by atoms with Crippen molar-refractivity contribution in [3.8, 4) is 5.75 Å². The van der Waals surface area contributed by atoms with E-state index in [0.29, 0.717) is 0 Å². The first kappa shape index (κ1) is 13.5. The molecule has 2 aromatic rings. The molecule has 19 heavy (non-hydrogen) atoms. The molecule has 0 spiro atoms. The molecule has 0 heterocycles. The molecule has 2 nitrogen and oxygen atoms in total. The van der Waals surface area contributed by atoms with Crippen molar-refractivity contribution in [2.24, 2.45) is 0 Å². The molecular formula is C17H21NO. The van der Waals surface area contributed by atoms with Gasteiger partial charge in [-0.25, -0.2) is 0 Å². The van der Waals surface area contributed by atoms with Crippen LogP contribution in [0.4, 0.5) is 5.69 Å². The molecule has 0 saturated heterocycles. The van der Waals surface area contributed by atoms with Crippen LogP contribution in [0.2, 0.25) is 0 Å². The van der Waals surface area contributed by atoms with Gasteiger partial charge in [0.05, 0.1) is 7.11 Å². The first-order chi connectivity index (χ1) is 9.24. The molecule has 0 aliphatic rings. The van der Waals surface area contributed by atoms with Gasteiger partial charge in [0.25, 0.3) is 0 Å². The monoisotopic (exact) mass is 255 g/mol. The number of benzene rings is 2. The molecule has 0 unspecified atom stereocenters. The zero-order valence-electron chi connectivity index (χ0n) is 11.9. The molecule has 0 aliphatic heterocycles. The first-order valence-electron chi connectivity index (χ1n) is 6.70. The third-order valence-electron chi connectivity index (χ3n) is 3.38. The zero-order valence-corrected chi connectivity index (χ0v) is 11.9. The van der Waals surface area contributed by atoms with Gasteiger partial charge in [0.1, 0.15) is 5.75 Å². The van der Waals surface area contributed by atoms with E-state index in [1.165, 1.54) is 11.1 Å². The molecule has 0 aromatic heterocycles. The van der Waals surface area contributed by atoms with Crippen molar-refractivity contribution in [3.05, 3.63) is 59.2 Å². The summed E-state index contributed by atoms with van der Waals surface area (Å²) < 4.78 is 5.27. The molecule has 2 aromatic carbocycles. The molecule has 0 fully saturated rings. The van der Waals surface area contributed by atoms with Crippen LogP contribution in [0.3, 0.4) is 0 Å². The van der Waals surface area contributed by atoms with Crippen LogP contribution < -0.4 is 10.1 Å². The van der Waals surface area contributed by atoms with Crippen molar-refractivity contribution in [1.82, 2.24) is 0 Å². The fourth-order valence-corrected chi connectivity index (χ4v) is 2.26. The second-order valence-electron chi connectivity index (χ2n) is 4.66. The zero-order chi connectivity index (χ0) is 13.7. The van der Waals surface area contributed by atoms with E-state index < -0.39 is 0 Å². The lowest BCUT2D eigenvalue weighted by molar-refractivity contribution is 0.412. The Labute approximate surface area is 115 Å². The van der Waals surface area contributed by atoms with E-state index in [0.717, 1.165) is 30.0 Å². The van der Waals surface area contributed by atoms with Crippen LogP contribution in [-0.4, -0.2) is 7.11 Å². The quantitative estimate of drug-likeness (QED) is 0.865. The molecule has 0 bridgehead atoms. The van der Waals surface area contributed by atoms with Crippen molar-refractivity contribution in [2.45, 2.75) is 26.8 Å². The molecule has 0 radical (unpaired) electrons. The number of ether oxygens (including phenoxy) is 1. The second-order valence-corrected chi connectivity index (χ2v) is 4.66. The third kappa shape index (κ3) is 3.28. The molecule has 2 rings (SSSR count). The van der Waals surface area contributed by atoms with Gasteiger partial charge >= 0.3 is 0 Å². The Morgan fingerprint density at radius 1 is 1.05 bits per heavy atom. The number of anilines is 1. The van der Waals surface area contributed by atoms with Crippen LogP contribution >= 0.6 is 0 Å². The number of hydrogen-bond donors (Lipinski definition) is 1. The SMILES string of the molecule is CCc1ccccc1CNc1ccc(OC)c(C)c1. The van der Waals surface area contributed by atoms with Gasteiger partial charge in [-0.05, 0) is 48.2 Å². The number of rotatable bonds is 5. The maximum atomic E-state index is 5.27. The van der Waals surface area contributed by atoms with Crippen molar-refractivity contribution in [1.29, 1.82) is 0 Å². The molecule has 0 saturated carbocycles. The minimum absolute atomic E-state index is 0.857. The topological polar surface area (TPSA) is 21.3 Å². The van der Waals surface area contributed by atoms with Gasteiger partial charge in [-0.1, -0.05) is 31.2 Å². The van der Waals surface area contributed by atoms with E-state index in [1.54, 1.807) is 7.11 Å². The van der Waals surface area contributed by atoms with Gasteiger partial charge in [-0.3, -0.25) is 0 Å². The Morgan fingerprint density at radius 2 is 1.79 bits per heavy atom. The highest BCUT2D eigenvalue weighted by molar-refractivity contribution is 5.51. The first-order valence-corrected chi connectivity index (χ1v) is 6.70. The van der Waals surface area contributed by atoms with Gasteiger partial charge in [0, 0.05) is 12.2 Å². The third-order valence-corrected chi connectivity index (χ3v) is 3.38. The summed E-state index contributed by atoms with van der Waals surface area (Å²) in [7, 11) is 1.70. The Hall–Kier alpha value is -1.96. The van der Waals surface area contributed by atoms with E-state index in [-0.39, 0.29) is 0 Å². The van der Waals surface area contributed by atoms with E-state index in [4.69, 9.17) is 4.74 Å². The Morgan fingerprint density at radius 3 is 2.42 bits per heavy atom. The van der Waals surface area contributed by atoms with Crippen molar-refractivity contribution in [3.63, 3.8) is 0 Å². The fraction of sp³-hybridized carbons (Fsp3) is 0.294. The van der Waals surface area contributed by atoms with Crippen molar-refractivity contribution in [2.75, 3.05) is 12.4 Å². The average Bonchev–Trinajstić information content (AvgIpc) is 2.45. The fourth-order valence-electron chi connectivity index (χ4n) is 2.26. The summed E-state index contributed by atoms with van der Waals surface area (Å²) in [6.45, 7) is 5.11. The maximum absolute atomic E-state index is 5.27. The van der Waals surface area contributed by atoms with E-state index >= 15 is 0 Å². The predicted octanol–water partition coefficient (Wildman–Crippen LogP) is 4.18. The maximum Gasteiger partial charge on any atom is 0.121 e. The number of aryl methyl sites for hydroxylation is 2. The lowest BCUT2D eigenvalue weighted by Crippen LogP contribution is -2.02. The summed E-state index contributed by atoms with van der Waals surface area (Å²) in [4.78, 5) is 0. The van der Waals surface area contributed by atoms with E-state index in [2.05, 4.69) is 55.6 Å². The van der Waals surface area contributed by atoms with E-state index in [9.17, 15) is 0 Å². The van der Waals surface area contributed by atoms with Crippen LogP contribution in [0, 0.1) is 6.92 Å². The molecule has 1 N–H and O–H groups in total. The van der Waals surface area contributed by atoms with Crippen molar-refractivity contribution < 1.29 is 4.74 Å². The molecule has 0 aliphatic carbocycles. The summed E-state index contributed by atoms with van der Waals surface area (Å²) in [5, 5.41) is 3.47. The lowest BCUT2D eigenvalue weighted by Gasteiger charge is -2.12. The minimum atomic E-state index is 0.857. The number of nitrogens with one attached hydrogen (secondary N) is 1. The molecule has 0 amide bonds. The minimum Gasteiger partial charge on any atom is -0.496 e. The Balaban J connectivity index is 2.08. The van der Waals surface area contributed by atoms with Gasteiger partial charge in [-0.2, -0.15) is 0 Å². The van der Waals surface area contributed by atoms with Crippen LogP contribution in [0.1, 0.15) is 23.6 Å². The molecule has 2 heteroatoms. The number of methoxy groups -OCH3 is 1. The predicted molar refractivity (Wildman–Crippen MR) is 80.9 cm³/mol. The highest BCUT2D eigenvalue weighted by Crippen LogP contribution is 2.22. The number of hydrogen-bond acceptors (Lipinski definition) is 2. The van der Waals surface area contributed by atoms with Crippen LogP contribution in [0.15, 0.2) is 42.5 Å². The van der Waals surface area contributed by atoms with Gasteiger partial charge < -0.3 is 10.1 Å². The second kappa shape index (κ2) is 6.28. The normalized spacial score (nSPS) is 10.3. The summed E-state index contributed by atoms with van der Waals surface area (Å²) in [6.07, 6.45) is 1.07. The highest BCUT2D eigenvalue weighted by Gasteiger charge is 2.02. The standard InChI is InChI=1S/C17H21NO/c1-4-14-7-5-6-8-15(14)12-18-16-9-10-17(19-3)13(2)11-16/h5-11,18H,4,12H2,1-3H3. The van der Waals surface area contributed by atoms with Crippen LogP contribution in [-0.2, 0) is 13.0 Å². The van der Waals surface area contributed by atoms with Gasteiger partial charge in [0.2, 0.25) is 0 Å². The van der Waals surface area contributed by atoms with E-state index in [1.807, 2.05) is 6.07 Å².